The van der Waals surface area contributed by atoms with Crippen molar-refractivity contribution in [2.75, 3.05) is 18.7 Å². The number of nitrogens with one attached hydrogen (secondary N) is 1. The van der Waals surface area contributed by atoms with Crippen molar-refractivity contribution in [3.63, 3.8) is 0 Å². The van der Waals surface area contributed by atoms with Gasteiger partial charge in [-0.3, -0.25) is 0 Å². The van der Waals surface area contributed by atoms with Crippen LogP contribution >= 0.6 is 0 Å². The normalized spacial score (nSPS) is 14.1. The fourth-order valence-corrected chi connectivity index (χ4v) is 3.86. The van der Waals surface area contributed by atoms with Gasteiger partial charge in [-0.2, -0.15) is 0 Å². The standard InChI is InChI=1S/C18H22N2O3S/c1-12-17(15-9-4-5-10-16(15)18(19-12)23-2)20-13-7-6-8-14(11-13)24(3,21)22/h6-8,11,20H,4-5,9-10H2,1-3H3. The van der Waals surface area contributed by atoms with Crippen LogP contribution in [-0.4, -0.2) is 26.8 Å². The van der Waals surface area contributed by atoms with Gasteiger partial charge in [0.1, 0.15) is 0 Å². The molecule has 128 valence electrons. The molecule has 0 aliphatic heterocycles. The number of anilines is 2. The van der Waals surface area contributed by atoms with Crippen LogP contribution in [-0.2, 0) is 22.7 Å². The molecule has 1 N–H and O–H groups in total. The molecular weight excluding hydrogens is 324 g/mol. The summed E-state index contributed by atoms with van der Waals surface area (Å²) in [7, 11) is -1.58. The van der Waals surface area contributed by atoms with E-state index in [9.17, 15) is 8.42 Å². The van der Waals surface area contributed by atoms with E-state index in [0.29, 0.717) is 10.8 Å². The second-order valence-electron chi connectivity index (χ2n) is 6.17. The first-order valence-electron chi connectivity index (χ1n) is 8.03. The zero-order valence-electron chi connectivity index (χ0n) is 14.2. The van der Waals surface area contributed by atoms with Crippen LogP contribution in [0.25, 0.3) is 0 Å². The van der Waals surface area contributed by atoms with Gasteiger partial charge in [-0.15, -0.1) is 0 Å². The summed E-state index contributed by atoms with van der Waals surface area (Å²) in [4.78, 5) is 4.88. The van der Waals surface area contributed by atoms with Crippen molar-refractivity contribution in [1.29, 1.82) is 0 Å². The third-order valence-corrected chi connectivity index (χ3v) is 5.49. The van der Waals surface area contributed by atoms with Crippen molar-refractivity contribution in [2.24, 2.45) is 0 Å². The van der Waals surface area contributed by atoms with E-state index in [1.165, 1.54) is 11.8 Å². The topological polar surface area (TPSA) is 68.3 Å². The fraction of sp³-hybridized carbons (Fsp3) is 0.389. The average molecular weight is 346 g/mol. The molecule has 0 bridgehead atoms. The van der Waals surface area contributed by atoms with Gasteiger partial charge < -0.3 is 10.1 Å². The first kappa shape index (κ1) is 16.8. The number of rotatable bonds is 4. The second kappa shape index (κ2) is 6.43. The maximum Gasteiger partial charge on any atom is 0.216 e. The summed E-state index contributed by atoms with van der Waals surface area (Å²) in [6.07, 6.45) is 5.43. The highest BCUT2D eigenvalue weighted by atomic mass is 32.2. The highest BCUT2D eigenvalue weighted by molar-refractivity contribution is 7.90. The number of benzene rings is 1. The Morgan fingerprint density at radius 3 is 2.54 bits per heavy atom. The van der Waals surface area contributed by atoms with Gasteiger partial charge in [-0.05, 0) is 56.4 Å². The smallest absolute Gasteiger partial charge is 0.216 e. The molecule has 24 heavy (non-hydrogen) atoms. The minimum absolute atomic E-state index is 0.306. The largest absolute Gasteiger partial charge is 0.481 e. The van der Waals surface area contributed by atoms with Crippen LogP contribution in [0.4, 0.5) is 11.4 Å². The molecule has 0 atom stereocenters. The molecule has 1 heterocycles. The van der Waals surface area contributed by atoms with Crippen molar-refractivity contribution in [3.8, 4) is 5.88 Å². The third-order valence-electron chi connectivity index (χ3n) is 4.38. The quantitative estimate of drug-likeness (QED) is 0.919. The molecule has 0 spiro atoms. The lowest BCUT2D eigenvalue weighted by Crippen LogP contribution is -2.12. The van der Waals surface area contributed by atoms with Gasteiger partial charge >= 0.3 is 0 Å². The minimum Gasteiger partial charge on any atom is -0.481 e. The maximum absolute atomic E-state index is 11.8. The van der Waals surface area contributed by atoms with E-state index in [4.69, 9.17) is 4.74 Å². The van der Waals surface area contributed by atoms with Gasteiger partial charge in [0, 0.05) is 17.5 Å². The van der Waals surface area contributed by atoms with E-state index < -0.39 is 9.84 Å². The Kier molecular flexibility index (Phi) is 4.49. The Morgan fingerprint density at radius 2 is 1.88 bits per heavy atom. The molecule has 0 amide bonds. The maximum atomic E-state index is 11.8. The highest BCUT2D eigenvalue weighted by Gasteiger charge is 2.21. The van der Waals surface area contributed by atoms with Gasteiger partial charge in [0.15, 0.2) is 9.84 Å². The molecule has 3 rings (SSSR count). The van der Waals surface area contributed by atoms with Gasteiger partial charge in [0.05, 0.1) is 23.4 Å². The molecule has 0 fully saturated rings. The number of nitrogens with zero attached hydrogens (tertiary/aromatic N) is 1. The van der Waals surface area contributed by atoms with Crippen LogP contribution in [0.5, 0.6) is 5.88 Å². The summed E-state index contributed by atoms with van der Waals surface area (Å²) in [5, 5.41) is 3.38. The highest BCUT2D eigenvalue weighted by Crippen LogP contribution is 2.36. The lowest BCUT2D eigenvalue weighted by molar-refractivity contribution is 0.388. The third kappa shape index (κ3) is 3.24. The summed E-state index contributed by atoms with van der Waals surface area (Å²) >= 11 is 0. The number of aryl methyl sites for hydroxylation is 1. The van der Waals surface area contributed by atoms with Crippen molar-refractivity contribution in [2.45, 2.75) is 37.5 Å². The lowest BCUT2D eigenvalue weighted by Gasteiger charge is -2.23. The van der Waals surface area contributed by atoms with E-state index in [2.05, 4.69) is 10.3 Å². The van der Waals surface area contributed by atoms with Crippen molar-refractivity contribution in [1.82, 2.24) is 4.98 Å². The zero-order valence-corrected chi connectivity index (χ0v) is 15.0. The zero-order chi connectivity index (χ0) is 17.3. The van der Waals surface area contributed by atoms with Gasteiger partial charge in [-0.1, -0.05) is 6.07 Å². The number of ether oxygens (including phenoxy) is 1. The van der Waals surface area contributed by atoms with Crippen molar-refractivity contribution >= 4 is 21.2 Å². The number of hydrogen-bond acceptors (Lipinski definition) is 5. The summed E-state index contributed by atoms with van der Waals surface area (Å²) in [5.74, 6) is 0.706. The Balaban J connectivity index is 2.05. The number of pyridine rings is 1. The predicted octanol–water partition coefficient (Wildman–Crippen LogP) is 3.42. The number of sulfone groups is 1. The molecule has 1 aliphatic carbocycles. The number of aromatic nitrogens is 1. The SMILES string of the molecule is COc1nc(C)c(Nc2cccc(S(C)(=O)=O)c2)c2c1CCCC2. The molecule has 1 aliphatic rings. The molecule has 0 saturated heterocycles. The molecule has 0 radical (unpaired) electrons. The van der Waals surface area contributed by atoms with E-state index >= 15 is 0 Å². The molecule has 6 heteroatoms. The lowest BCUT2D eigenvalue weighted by atomic mass is 9.90. The van der Waals surface area contributed by atoms with Crippen LogP contribution in [0, 0.1) is 6.92 Å². The molecule has 5 nitrogen and oxygen atoms in total. The van der Waals surface area contributed by atoms with E-state index in [1.54, 1.807) is 25.3 Å². The second-order valence-corrected chi connectivity index (χ2v) is 8.19. The molecule has 0 saturated carbocycles. The molecule has 1 aromatic heterocycles. The summed E-state index contributed by atoms with van der Waals surface area (Å²) in [5.41, 5.74) is 4.97. The first-order chi connectivity index (χ1) is 11.4. The molecule has 2 aromatic rings. The summed E-state index contributed by atoms with van der Waals surface area (Å²) < 4.78 is 29.0. The van der Waals surface area contributed by atoms with Crippen molar-refractivity contribution in [3.05, 3.63) is 41.1 Å². The molecular formula is C18H22N2O3S. The number of fused-ring (bicyclic) bond motifs is 1. The Labute approximate surface area is 143 Å². The number of hydrogen-bond donors (Lipinski definition) is 1. The molecule has 1 aromatic carbocycles. The van der Waals surface area contributed by atoms with Gasteiger partial charge in [-0.25, -0.2) is 13.4 Å². The van der Waals surface area contributed by atoms with Crippen molar-refractivity contribution < 1.29 is 13.2 Å². The van der Waals surface area contributed by atoms with E-state index in [0.717, 1.165) is 48.3 Å². The predicted molar refractivity (Wildman–Crippen MR) is 95.0 cm³/mol. The summed E-state index contributed by atoms with van der Waals surface area (Å²) in [6, 6.07) is 6.88. The number of methoxy groups -OCH3 is 1. The Morgan fingerprint density at radius 1 is 1.17 bits per heavy atom. The molecule has 0 unspecified atom stereocenters. The van der Waals surface area contributed by atoms with Crippen LogP contribution in [0.1, 0.15) is 29.7 Å². The van der Waals surface area contributed by atoms with Crippen LogP contribution in [0.15, 0.2) is 29.2 Å². The van der Waals surface area contributed by atoms with Gasteiger partial charge in [0.2, 0.25) is 5.88 Å². The van der Waals surface area contributed by atoms with Crippen LogP contribution in [0.2, 0.25) is 0 Å². The fourth-order valence-electron chi connectivity index (χ4n) is 3.19. The van der Waals surface area contributed by atoms with Crippen LogP contribution in [0.3, 0.4) is 0 Å². The van der Waals surface area contributed by atoms with Gasteiger partial charge in [0.25, 0.3) is 0 Å². The van der Waals surface area contributed by atoms with E-state index in [1.807, 2.05) is 13.0 Å². The first-order valence-corrected chi connectivity index (χ1v) is 9.93. The van der Waals surface area contributed by atoms with E-state index in [-0.39, 0.29) is 0 Å². The minimum atomic E-state index is -3.23. The van der Waals surface area contributed by atoms with Crippen LogP contribution < -0.4 is 10.1 Å². The average Bonchev–Trinajstić information content (AvgIpc) is 2.56. The Bertz CT molecular complexity index is 876. The summed E-state index contributed by atoms with van der Waals surface area (Å²) in [6.45, 7) is 1.94. The monoisotopic (exact) mass is 346 g/mol. The Hall–Kier alpha value is -2.08.